The molecule has 0 aliphatic carbocycles. The van der Waals surface area contributed by atoms with Crippen LogP contribution < -0.4 is 4.74 Å². The van der Waals surface area contributed by atoms with E-state index in [1.54, 1.807) is 0 Å². The van der Waals surface area contributed by atoms with E-state index in [1.807, 2.05) is 32.9 Å². The van der Waals surface area contributed by atoms with Crippen molar-refractivity contribution in [3.63, 3.8) is 0 Å². The van der Waals surface area contributed by atoms with E-state index in [4.69, 9.17) is 24.1 Å². The number of aryl methyl sites for hydroxylation is 3. The predicted molar refractivity (Wildman–Crippen MR) is 64.1 cm³/mol. The summed E-state index contributed by atoms with van der Waals surface area (Å²) in [5.74, 6) is 0.120. The molecule has 0 bridgehead atoms. The van der Waals surface area contributed by atoms with Gasteiger partial charge < -0.3 is 0 Å². The van der Waals surface area contributed by atoms with Gasteiger partial charge in [0.1, 0.15) is 0 Å². The Balaban J connectivity index is 2.98. The van der Waals surface area contributed by atoms with Gasteiger partial charge in [-0.1, -0.05) is 0 Å². The van der Waals surface area contributed by atoms with Crippen LogP contribution in [-0.2, 0) is 18.3 Å². The fraction of sp³-hybridized carbons (Fsp3) is 0.273. The molecular weight excluding hydrogens is 336 g/mol. The monoisotopic (exact) mass is 348 g/mol. The third-order valence-corrected chi connectivity index (χ3v) is 3.67. The number of ether oxygens (including phenoxy) is 1. The van der Waals surface area contributed by atoms with Crippen molar-refractivity contribution in [1.29, 1.82) is 0 Å². The zero-order chi connectivity index (χ0) is 12.3. The van der Waals surface area contributed by atoms with Crippen LogP contribution in [0.15, 0.2) is 12.1 Å². The van der Waals surface area contributed by atoms with Crippen molar-refractivity contribution in [3.8, 4) is 5.75 Å². The van der Waals surface area contributed by atoms with Gasteiger partial charge in [-0.3, -0.25) is 0 Å². The van der Waals surface area contributed by atoms with Gasteiger partial charge in [0, 0.05) is 0 Å². The molecule has 0 heterocycles. The Morgan fingerprint density at radius 2 is 1.75 bits per heavy atom. The third kappa shape index (κ3) is 3.97. The number of carbonyl (C=O) groups is 1. The molecule has 1 rings (SSSR count). The van der Waals surface area contributed by atoms with Gasteiger partial charge >= 0.3 is 108 Å². The van der Waals surface area contributed by atoms with E-state index in [2.05, 4.69) is 0 Å². The zero-order valence-electron chi connectivity index (χ0n) is 9.16. The second-order valence-corrected chi connectivity index (χ2v) is 9.18. The van der Waals surface area contributed by atoms with Crippen LogP contribution in [0.1, 0.15) is 16.7 Å². The van der Waals surface area contributed by atoms with Gasteiger partial charge in [0.2, 0.25) is 0 Å². The van der Waals surface area contributed by atoms with Gasteiger partial charge in [-0.05, 0) is 0 Å². The summed E-state index contributed by atoms with van der Waals surface area (Å²) >= 11 is -2.10. The summed E-state index contributed by atoms with van der Waals surface area (Å²) in [7, 11) is 11.2. The van der Waals surface area contributed by atoms with Crippen LogP contribution >= 0.6 is 19.4 Å². The van der Waals surface area contributed by atoms with Crippen molar-refractivity contribution in [2.75, 3.05) is 0 Å². The molecule has 0 N–H and O–H groups in total. The van der Waals surface area contributed by atoms with Crippen molar-refractivity contribution in [1.82, 2.24) is 0 Å². The summed E-state index contributed by atoms with van der Waals surface area (Å²) in [6.45, 7) is 5.80. The topological polar surface area (TPSA) is 26.3 Å². The second kappa shape index (κ2) is 5.90. The van der Waals surface area contributed by atoms with E-state index in [9.17, 15) is 4.79 Å². The van der Waals surface area contributed by atoms with Crippen molar-refractivity contribution in [3.05, 3.63) is 28.8 Å². The number of rotatable bonds is 2. The van der Waals surface area contributed by atoms with Gasteiger partial charge in [-0.25, -0.2) is 0 Å². The first-order valence-electron chi connectivity index (χ1n) is 4.53. The number of halogens is 2. The van der Waals surface area contributed by atoms with Crippen LogP contribution in [0.4, 0.5) is 0 Å². The van der Waals surface area contributed by atoms with E-state index in [1.165, 1.54) is 4.61 Å². The van der Waals surface area contributed by atoms with Crippen LogP contribution in [0.5, 0.6) is 5.75 Å². The van der Waals surface area contributed by atoms with Crippen molar-refractivity contribution in [2.24, 2.45) is 0 Å². The molecule has 0 aliphatic rings. The molecule has 0 aromatic heterocycles. The first-order valence-corrected chi connectivity index (χ1v) is 10.0. The van der Waals surface area contributed by atoms with Gasteiger partial charge in [0.05, 0.1) is 0 Å². The van der Waals surface area contributed by atoms with E-state index in [0.29, 0.717) is 5.75 Å². The second-order valence-electron chi connectivity index (χ2n) is 3.46. The molecule has 90 valence electrons. The summed E-state index contributed by atoms with van der Waals surface area (Å²) in [4.78, 5) is 11.4. The van der Waals surface area contributed by atoms with Crippen LogP contribution in [0.3, 0.4) is 0 Å². The normalized spacial score (nSPS) is 10.9. The molecule has 1 aromatic rings. The molecule has 1 aromatic carbocycles. The molecule has 0 unspecified atom stereocenters. The number of esters is 1. The minimum atomic E-state index is -2.10. The Bertz CT molecular complexity index is 428. The molecular formula is C11H12Cl2O2Ru. The molecule has 0 fully saturated rings. The first kappa shape index (κ1) is 13.8. The molecule has 16 heavy (non-hydrogen) atoms. The number of hydrogen-bond acceptors (Lipinski definition) is 2. The Morgan fingerprint density at radius 3 is 2.19 bits per heavy atom. The van der Waals surface area contributed by atoms with Crippen molar-refractivity contribution in [2.45, 2.75) is 20.8 Å². The number of carbonyl (C=O) groups excluding carboxylic acids is 1. The fourth-order valence-corrected chi connectivity index (χ4v) is 2.67. The predicted octanol–water partition coefficient (Wildman–Crippen LogP) is 3.25. The Morgan fingerprint density at radius 1 is 1.25 bits per heavy atom. The van der Waals surface area contributed by atoms with Gasteiger partial charge in [0.25, 0.3) is 0 Å². The molecule has 0 radical (unpaired) electrons. The zero-order valence-corrected chi connectivity index (χ0v) is 12.4. The Labute approximate surface area is 108 Å². The van der Waals surface area contributed by atoms with Crippen molar-refractivity contribution >= 4 is 30.0 Å². The van der Waals surface area contributed by atoms with Crippen LogP contribution in [0.2, 0.25) is 0 Å². The van der Waals surface area contributed by atoms with E-state index in [0.717, 1.165) is 16.7 Å². The third-order valence-electron chi connectivity index (χ3n) is 1.97. The molecule has 2 nitrogen and oxygen atoms in total. The van der Waals surface area contributed by atoms with Gasteiger partial charge in [-0.2, -0.15) is 0 Å². The SMILES string of the molecule is Cc1cc(C)c(OC(=O)[CH]=[Ru]([Cl])[Cl])c(C)c1. The van der Waals surface area contributed by atoms with E-state index >= 15 is 0 Å². The molecule has 0 amide bonds. The number of benzene rings is 1. The summed E-state index contributed by atoms with van der Waals surface area (Å²) in [6.07, 6.45) is 0. The maximum atomic E-state index is 11.4. The molecule has 0 spiro atoms. The molecule has 0 atom stereocenters. The van der Waals surface area contributed by atoms with E-state index in [-0.39, 0.29) is 0 Å². The van der Waals surface area contributed by atoms with Gasteiger partial charge in [-0.15, -0.1) is 0 Å². The number of hydrogen-bond donors (Lipinski definition) is 0. The van der Waals surface area contributed by atoms with Crippen LogP contribution in [0.25, 0.3) is 0 Å². The quantitative estimate of drug-likeness (QED) is 0.466. The summed E-state index contributed by atoms with van der Waals surface area (Å²) < 4.78 is 6.47. The Hall–Kier alpha value is -0.237. The first-order chi connectivity index (χ1) is 7.40. The average Bonchev–Trinajstić information content (AvgIpc) is 2.09. The summed E-state index contributed by atoms with van der Waals surface area (Å²) in [5, 5.41) is 0. The van der Waals surface area contributed by atoms with Crippen LogP contribution in [-0.4, -0.2) is 10.6 Å². The van der Waals surface area contributed by atoms with Crippen LogP contribution in [0, 0.1) is 20.8 Å². The maximum absolute atomic E-state index is 11.4. The van der Waals surface area contributed by atoms with E-state index < -0.39 is 19.5 Å². The summed E-state index contributed by atoms with van der Waals surface area (Å²) in [6, 6.07) is 3.93. The molecule has 0 saturated heterocycles. The standard InChI is InChI=1S/C11H12O2.2ClH.Ru/c1-7-5-8(2)11(9(3)6-7)13-10(4)12;;;/h4-6H,1-3H3;2*1H;/q;;;+2/p-2. The summed E-state index contributed by atoms with van der Waals surface area (Å²) in [5.41, 5.74) is 3.00. The molecule has 0 saturated carbocycles. The van der Waals surface area contributed by atoms with Gasteiger partial charge in [0.15, 0.2) is 0 Å². The molecule has 0 aliphatic heterocycles. The van der Waals surface area contributed by atoms with Crippen molar-refractivity contribution < 1.29 is 23.0 Å². The fourth-order valence-electron chi connectivity index (χ4n) is 1.51. The Kier molecular flexibility index (Phi) is 5.10. The molecule has 5 heteroatoms. The average molecular weight is 348 g/mol. The minimum absolute atomic E-state index is 0.473.